The van der Waals surface area contributed by atoms with Crippen LogP contribution in [0.2, 0.25) is 0 Å². The second-order valence-corrected chi connectivity index (χ2v) is 9.94. The Hall–Kier alpha value is -1.87. The summed E-state index contributed by atoms with van der Waals surface area (Å²) in [6, 6.07) is 7.95. The van der Waals surface area contributed by atoms with Gasteiger partial charge < -0.3 is 16.2 Å². The number of nitrogens with one attached hydrogen (secondary N) is 1. The molecule has 0 aromatic heterocycles. The molecule has 3 atom stereocenters. The SMILES string of the molecule is CCc1ccc(CS(C)(=O)=O)c([C@H](C)NC[C@@H](O)[C@@H](N)Cc2cc(F)cc(F)c2)c1. The van der Waals surface area contributed by atoms with Gasteiger partial charge in [-0.25, -0.2) is 17.2 Å². The molecule has 5 nitrogen and oxygen atoms in total. The molecule has 166 valence electrons. The molecule has 30 heavy (non-hydrogen) atoms. The molecule has 0 spiro atoms. The number of aliphatic hydroxyl groups excluding tert-OH is 1. The van der Waals surface area contributed by atoms with Crippen LogP contribution in [0.1, 0.15) is 42.1 Å². The minimum absolute atomic E-state index is 0.0639. The van der Waals surface area contributed by atoms with E-state index in [4.69, 9.17) is 5.73 Å². The lowest BCUT2D eigenvalue weighted by molar-refractivity contribution is 0.138. The van der Waals surface area contributed by atoms with Crippen molar-refractivity contribution in [3.05, 3.63) is 70.3 Å². The third-order valence-corrected chi connectivity index (χ3v) is 5.86. The highest BCUT2D eigenvalue weighted by molar-refractivity contribution is 7.89. The van der Waals surface area contributed by atoms with E-state index in [2.05, 4.69) is 5.32 Å². The van der Waals surface area contributed by atoms with Crippen LogP contribution in [0.15, 0.2) is 36.4 Å². The molecule has 2 aromatic carbocycles. The summed E-state index contributed by atoms with van der Waals surface area (Å²) in [6.07, 6.45) is 1.18. The summed E-state index contributed by atoms with van der Waals surface area (Å²) < 4.78 is 50.2. The van der Waals surface area contributed by atoms with Gasteiger partial charge in [0.15, 0.2) is 9.84 Å². The molecular formula is C22H30F2N2O3S. The largest absolute Gasteiger partial charge is 0.390 e. The average molecular weight is 441 g/mol. The highest BCUT2D eigenvalue weighted by Gasteiger charge is 2.19. The number of sulfone groups is 1. The van der Waals surface area contributed by atoms with Crippen LogP contribution in [-0.4, -0.2) is 38.5 Å². The predicted octanol–water partition coefficient (Wildman–Crippen LogP) is 2.65. The molecule has 0 saturated heterocycles. The Balaban J connectivity index is 2.05. The van der Waals surface area contributed by atoms with Crippen LogP contribution >= 0.6 is 0 Å². The van der Waals surface area contributed by atoms with Gasteiger partial charge in [0.25, 0.3) is 0 Å². The normalized spacial score (nSPS) is 15.0. The highest BCUT2D eigenvalue weighted by Crippen LogP contribution is 2.22. The van der Waals surface area contributed by atoms with Gasteiger partial charge in [-0.15, -0.1) is 0 Å². The van der Waals surface area contributed by atoms with Gasteiger partial charge in [0.1, 0.15) is 11.6 Å². The molecule has 8 heteroatoms. The van der Waals surface area contributed by atoms with Crippen molar-refractivity contribution in [3.8, 4) is 0 Å². The fourth-order valence-corrected chi connectivity index (χ4v) is 4.21. The average Bonchev–Trinajstić information content (AvgIpc) is 2.64. The lowest BCUT2D eigenvalue weighted by Gasteiger charge is -2.24. The zero-order chi connectivity index (χ0) is 22.5. The Morgan fingerprint density at radius 3 is 2.30 bits per heavy atom. The van der Waals surface area contributed by atoms with Crippen LogP contribution in [0, 0.1) is 11.6 Å². The van der Waals surface area contributed by atoms with Crippen LogP contribution in [0.4, 0.5) is 8.78 Å². The molecule has 0 radical (unpaired) electrons. The third kappa shape index (κ3) is 7.43. The molecule has 0 saturated carbocycles. The first-order valence-corrected chi connectivity index (χ1v) is 12.0. The van der Waals surface area contributed by atoms with Crippen molar-refractivity contribution in [3.63, 3.8) is 0 Å². The molecule has 2 aromatic rings. The number of hydrogen-bond donors (Lipinski definition) is 3. The van der Waals surface area contributed by atoms with E-state index in [-0.39, 0.29) is 24.8 Å². The molecule has 0 bridgehead atoms. The van der Waals surface area contributed by atoms with E-state index >= 15 is 0 Å². The number of hydrogen-bond acceptors (Lipinski definition) is 5. The molecule has 0 aliphatic rings. The fraction of sp³-hybridized carbons (Fsp3) is 0.455. The van der Waals surface area contributed by atoms with Gasteiger partial charge >= 0.3 is 0 Å². The maximum Gasteiger partial charge on any atom is 0.151 e. The summed E-state index contributed by atoms with van der Waals surface area (Å²) in [5.41, 5.74) is 9.04. The molecule has 0 amide bonds. The van der Waals surface area contributed by atoms with Crippen molar-refractivity contribution < 1.29 is 22.3 Å². The fourth-order valence-electron chi connectivity index (χ4n) is 3.38. The number of rotatable bonds is 10. The smallest absolute Gasteiger partial charge is 0.151 e. The lowest BCUT2D eigenvalue weighted by Crippen LogP contribution is -2.43. The minimum atomic E-state index is -3.20. The van der Waals surface area contributed by atoms with Crippen molar-refractivity contribution >= 4 is 9.84 Å². The van der Waals surface area contributed by atoms with Crippen molar-refractivity contribution in [2.75, 3.05) is 12.8 Å². The van der Waals surface area contributed by atoms with Gasteiger partial charge in [-0.3, -0.25) is 0 Å². The minimum Gasteiger partial charge on any atom is -0.390 e. The Labute approximate surface area is 177 Å². The molecule has 0 heterocycles. The van der Waals surface area contributed by atoms with Crippen LogP contribution < -0.4 is 11.1 Å². The summed E-state index contributed by atoms with van der Waals surface area (Å²) in [4.78, 5) is 0. The van der Waals surface area contributed by atoms with Gasteiger partial charge in [-0.1, -0.05) is 25.1 Å². The van der Waals surface area contributed by atoms with Crippen LogP contribution in [-0.2, 0) is 28.4 Å². The van der Waals surface area contributed by atoms with E-state index in [0.29, 0.717) is 11.1 Å². The number of halogens is 2. The van der Waals surface area contributed by atoms with Crippen LogP contribution in [0.3, 0.4) is 0 Å². The number of benzene rings is 2. The molecular weight excluding hydrogens is 410 g/mol. The molecule has 4 N–H and O–H groups in total. The topological polar surface area (TPSA) is 92.4 Å². The van der Waals surface area contributed by atoms with Crippen molar-refractivity contribution in [1.82, 2.24) is 5.32 Å². The van der Waals surface area contributed by atoms with Crippen molar-refractivity contribution in [1.29, 1.82) is 0 Å². The molecule has 2 rings (SSSR count). The first-order valence-electron chi connectivity index (χ1n) is 9.90. The van der Waals surface area contributed by atoms with Crippen molar-refractivity contribution in [2.24, 2.45) is 5.73 Å². The van der Waals surface area contributed by atoms with E-state index in [1.807, 2.05) is 32.0 Å². The second-order valence-electron chi connectivity index (χ2n) is 7.80. The van der Waals surface area contributed by atoms with E-state index < -0.39 is 33.6 Å². The zero-order valence-corrected chi connectivity index (χ0v) is 18.3. The first-order chi connectivity index (χ1) is 14.0. The molecule has 0 aliphatic carbocycles. The van der Waals surface area contributed by atoms with Crippen molar-refractivity contribution in [2.45, 2.75) is 50.6 Å². The zero-order valence-electron chi connectivity index (χ0n) is 17.5. The van der Waals surface area contributed by atoms with Gasteiger partial charge in [0.05, 0.1) is 11.9 Å². The van der Waals surface area contributed by atoms with E-state index in [0.717, 1.165) is 23.6 Å². The standard InChI is InChI=1S/C22H30F2N2O3S/c1-4-15-5-6-17(13-30(3,28)29)20(9-15)14(2)26-12-22(27)21(25)10-16-7-18(23)11-19(24)8-16/h5-9,11,14,21-22,26-27H,4,10,12-13,25H2,1-3H3/t14-,21-,22+/m0/s1. The van der Waals surface area contributed by atoms with Gasteiger partial charge in [-0.2, -0.15) is 0 Å². The van der Waals surface area contributed by atoms with E-state index in [1.54, 1.807) is 0 Å². The Bertz CT molecular complexity index is 947. The second kappa shape index (κ2) is 10.4. The summed E-state index contributed by atoms with van der Waals surface area (Å²) in [5, 5.41) is 13.6. The molecule has 0 aliphatic heterocycles. The summed E-state index contributed by atoms with van der Waals surface area (Å²) >= 11 is 0. The Morgan fingerprint density at radius 2 is 1.73 bits per heavy atom. The lowest BCUT2D eigenvalue weighted by atomic mass is 9.97. The van der Waals surface area contributed by atoms with Crippen LogP contribution in [0.5, 0.6) is 0 Å². The van der Waals surface area contributed by atoms with Crippen LogP contribution in [0.25, 0.3) is 0 Å². The molecule has 0 unspecified atom stereocenters. The third-order valence-electron chi connectivity index (χ3n) is 5.02. The van der Waals surface area contributed by atoms with Gasteiger partial charge in [0.2, 0.25) is 0 Å². The quantitative estimate of drug-likeness (QED) is 0.528. The first kappa shape index (κ1) is 24.4. The maximum absolute atomic E-state index is 13.3. The number of nitrogens with two attached hydrogens (primary N) is 1. The molecule has 0 fully saturated rings. The highest BCUT2D eigenvalue weighted by atomic mass is 32.2. The summed E-state index contributed by atoms with van der Waals surface area (Å²) in [5.74, 6) is -1.44. The maximum atomic E-state index is 13.3. The Kier molecular flexibility index (Phi) is 8.49. The number of aryl methyl sites for hydroxylation is 1. The monoisotopic (exact) mass is 440 g/mol. The van der Waals surface area contributed by atoms with E-state index in [9.17, 15) is 22.3 Å². The van der Waals surface area contributed by atoms with E-state index in [1.165, 1.54) is 18.4 Å². The van der Waals surface area contributed by atoms with Gasteiger partial charge in [-0.05, 0) is 54.2 Å². The van der Waals surface area contributed by atoms with Gasteiger partial charge in [0, 0.05) is 31.0 Å². The summed E-state index contributed by atoms with van der Waals surface area (Å²) in [7, 11) is -3.20. The number of aliphatic hydroxyl groups is 1. The Morgan fingerprint density at radius 1 is 1.10 bits per heavy atom. The summed E-state index contributed by atoms with van der Waals surface area (Å²) in [6.45, 7) is 4.06. The predicted molar refractivity (Wildman–Crippen MR) is 115 cm³/mol.